The molecule has 2 aromatic carbocycles. The molecule has 0 aliphatic carbocycles. The van der Waals surface area contributed by atoms with Crippen LogP contribution in [0.5, 0.6) is 0 Å². The highest BCUT2D eigenvalue weighted by Gasteiger charge is 2.26. The summed E-state index contributed by atoms with van der Waals surface area (Å²) in [5.41, 5.74) is 1.33. The molecule has 0 aliphatic rings. The first kappa shape index (κ1) is 14.2. The van der Waals surface area contributed by atoms with Crippen molar-refractivity contribution in [3.05, 3.63) is 71.5 Å². The molecular weight excluding hydrogens is 331 g/mol. The third kappa shape index (κ3) is 3.43. The second-order valence-corrected chi connectivity index (χ2v) is 5.54. The van der Waals surface area contributed by atoms with E-state index >= 15 is 0 Å². The Morgan fingerprint density at radius 1 is 1.05 bits per heavy atom. The van der Waals surface area contributed by atoms with E-state index in [0.29, 0.717) is 5.56 Å². The van der Waals surface area contributed by atoms with Gasteiger partial charge in [-0.2, -0.15) is 0 Å². The van der Waals surface area contributed by atoms with Gasteiger partial charge in [-0.3, -0.25) is 4.79 Å². The zero-order chi connectivity index (χ0) is 13.8. The molecule has 2 rings (SSSR count). The molecule has 1 nitrogen and oxygen atoms in total. The van der Waals surface area contributed by atoms with Gasteiger partial charge in [0, 0.05) is 5.56 Å². The maximum atomic E-state index is 12.9. The van der Waals surface area contributed by atoms with Crippen molar-refractivity contribution in [2.45, 2.75) is 10.2 Å². The lowest BCUT2D eigenvalue weighted by atomic mass is 10.0. The van der Waals surface area contributed by atoms with Gasteiger partial charge < -0.3 is 0 Å². The Morgan fingerprint density at radius 3 is 2.21 bits per heavy atom. The average Bonchev–Trinajstić information content (AvgIpc) is 2.46. The molecule has 0 heterocycles. The van der Waals surface area contributed by atoms with E-state index in [-0.39, 0.29) is 16.4 Å². The fourth-order valence-electron chi connectivity index (χ4n) is 1.71. The van der Waals surface area contributed by atoms with Crippen molar-refractivity contribution in [2.75, 3.05) is 0 Å². The molecule has 0 aromatic heterocycles. The van der Waals surface area contributed by atoms with Gasteiger partial charge in [-0.1, -0.05) is 58.4 Å². The number of alkyl halides is 2. The van der Waals surface area contributed by atoms with E-state index in [1.165, 1.54) is 12.1 Å². The van der Waals surface area contributed by atoms with Crippen LogP contribution in [0.15, 0.2) is 54.6 Å². The molecule has 0 radical (unpaired) electrons. The number of rotatable bonds is 4. The first-order valence-corrected chi connectivity index (χ1v) is 7.07. The van der Waals surface area contributed by atoms with Crippen molar-refractivity contribution in [2.24, 2.45) is 0 Å². The van der Waals surface area contributed by atoms with Crippen LogP contribution in [0.4, 0.5) is 4.39 Å². The van der Waals surface area contributed by atoms with Crippen molar-refractivity contribution in [1.29, 1.82) is 0 Å². The summed E-state index contributed by atoms with van der Waals surface area (Å²) in [6.45, 7) is 0. The third-order valence-corrected chi connectivity index (χ3v) is 4.57. The molecule has 0 saturated heterocycles. The molecule has 2 aromatic rings. The summed E-state index contributed by atoms with van der Waals surface area (Å²) in [5, 5.41) is -0.743. The van der Waals surface area contributed by atoms with Gasteiger partial charge in [0.1, 0.15) is 11.2 Å². The maximum Gasteiger partial charge on any atom is 0.182 e. The number of carbonyl (C=O) groups is 1. The molecule has 98 valence electrons. The van der Waals surface area contributed by atoms with Crippen LogP contribution in [0.2, 0.25) is 0 Å². The molecule has 19 heavy (non-hydrogen) atoms. The third-order valence-electron chi connectivity index (χ3n) is 2.75. The number of halogens is 3. The van der Waals surface area contributed by atoms with E-state index in [1.54, 1.807) is 36.4 Å². The lowest BCUT2D eigenvalue weighted by molar-refractivity contribution is 0.0986. The minimum atomic E-state index is -0.743. The van der Waals surface area contributed by atoms with Crippen LogP contribution in [0.25, 0.3) is 0 Å². The monoisotopic (exact) mass is 340 g/mol. The largest absolute Gasteiger partial charge is 0.292 e. The van der Waals surface area contributed by atoms with Gasteiger partial charge in [-0.05, 0) is 17.7 Å². The first-order chi connectivity index (χ1) is 9.09. The number of Topliss-reactive ketones (excluding diaryl/α,β-unsaturated/α-hetero) is 1. The van der Waals surface area contributed by atoms with E-state index in [2.05, 4.69) is 15.9 Å². The number of hydrogen-bond donors (Lipinski definition) is 0. The molecular formula is C15H11BrClFO. The molecule has 0 spiro atoms. The molecule has 0 fully saturated rings. The van der Waals surface area contributed by atoms with Gasteiger partial charge in [0.15, 0.2) is 5.78 Å². The Hall–Kier alpha value is -1.19. The maximum absolute atomic E-state index is 12.9. The van der Waals surface area contributed by atoms with E-state index in [9.17, 15) is 9.18 Å². The van der Waals surface area contributed by atoms with Gasteiger partial charge in [0.05, 0.1) is 4.83 Å². The predicted octanol–water partition coefficient (Wildman–Crippen LogP) is 4.75. The summed E-state index contributed by atoms with van der Waals surface area (Å²) >= 11 is 9.60. The molecule has 0 unspecified atom stereocenters. The molecule has 4 heteroatoms. The lowest BCUT2D eigenvalue weighted by Crippen LogP contribution is -2.19. The van der Waals surface area contributed by atoms with Gasteiger partial charge in [-0.25, -0.2) is 4.39 Å². The van der Waals surface area contributed by atoms with Crippen molar-refractivity contribution in [3.8, 4) is 0 Å². The Morgan fingerprint density at radius 2 is 1.63 bits per heavy atom. The van der Waals surface area contributed by atoms with Gasteiger partial charge in [0.25, 0.3) is 0 Å². The number of carbonyl (C=O) groups excluding carboxylic acids is 1. The van der Waals surface area contributed by atoms with E-state index in [1.807, 2.05) is 6.07 Å². The quantitative estimate of drug-likeness (QED) is 0.579. The summed E-state index contributed by atoms with van der Waals surface area (Å²) in [5.74, 6) is -0.475. The van der Waals surface area contributed by atoms with E-state index in [0.717, 1.165) is 5.56 Å². The number of benzene rings is 2. The average molecular weight is 342 g/mol. The van der Waals surface area contributed by atoms with Crippen LogP contribution in [0.3, 0.4) is 0 Å². The van der Waals surface area contributed by atoms with Gasteiger partial charge in [0.2, 0.25) is 0 Å². The van der Waals surface area contributed by atoms with Gasteiger partial charge in [-0.15, -0.1) is 11.6 Å². The number of ketones is 1. The topological polar surface area (TPSA) is 17.1 Å². The fraction of sp³-hybridized carbons (Fsp3) is 0.133. The Kier molecular flexibility index (Phi) is 4.72. The number of hydrogen-bond acceptors (Lipinski definition) is 1. The summed E-state index contributed by atoms with van der Waals surface area (Å²) in [6.07, 6.45) is 0. The van der Waals surface area contributed by atoms with Crippen molar-refractivity contribution in [3.63, 3.8) is 0 Å². The minimum Gasteiger partial charge on any atom is -0.292 e. The lowest BCUT2D eigenvalue weighted by Gasteiger charge is -2.16. The van der Waals surface area contributed by atoms with Crippen LogP contribution < -0.4 is 0 Å². The zero-order valence-electron chi connectivity index (χ0n) is 9.89. The smallest absolute Gasteiger partial charge is 0.182 e. The summed E-state index contributed by atoms with van der Waals surface area (Å²) in [7, 11) is 0. The normalized spacial score (nSPS) is 13.8. The highest BCUT2D eigenvalue weighted by molar-refractivity contribution is 9.09. The Labute approximate surface area is 124 Å². The van der Waals surface area contributed by atoms with Crippen LogP contribution in [0, 0.1) is 5.82 Å². The minimum absolute atomic E-state index is 0.159. The molecule has 0 saturated carbocycles. The van der Waals surface area contributed by atoms with E-state index in [4.69, 9.17) is 11.6 Å². The predicted molar refractivity (Wildman–Crippen MR) is 78.5 cm³/mol. The second-order valence-electron chi connectivity index (χ2n) is 4.09. The zero-order valence-corrected chi connectivity index (χ0v) is 12.2. The van der Waals surface area contributed by atoms with Gasteiger partial charge >= 0.3 is 0 Å². The fourth-order valence-corrected chi connectivity index (χ4v) is 2.53. The summed E-state index contributed by atoms with van der Waals surface area (Å²) in [6, 6.07) is 14.8. The summed E-state index contributed by atoms with van der Waals surface area (Å²) in [4.78, 5) is 11.8. The summed E-state index contributed by atoms with van der Waals surface area (Å²) < 4.78 is 12.9. The molecule has 2 atom stereocenters. The highest BCUT2D eigenvalue weighted by atomic mass is 79.9. The highest BCUT2D eigenvalue weighted by Crippen LogP contribution is 2.32. The van der Waals surface area contributed by atoms with Crippen LogP contribution in [-0.4, -0.2) is 11.2 Å². The van der Waals surface area contributed by atoms with Crippen molar-refractivity contribution in [1.82, 2.24) is 0 Å². The second kappa shape index (κ2) is 6.31. The SMILES string of the molecule is O=C(c1ccccc1)[C@H](Cl)[C@H](Br)c1ccc(F)cc1. The van der Waals surface area contributed by atoms with Crippen LogP contribution in [0.1, 0.15) is 20.7 Å². The standard InChI is InChI=1S/C15H11BrClFO/c16-13(10-6-8-12(18)9-7-10)14(17)15(19)11-4-2-1-3-5-11/h1-9,13-14H/t13-,14-/m1/s1. The van der Waals surface area contributed by atoms with Crippen LogP contribution in [-0.2, 0) is 0 Å². The molecule has 0 amide bonds. The van der Waals surface area contributed by atoms with Crippen LogP contribution >= 0.6 is 27.5 Å². The Bertz CT molecular complexity index is 556. The van der Waals surface area contributed by atoms with E-state index < -0.39 is 5.38 Å². The van der Waals surface area contributed by atoms with Crippen molar-refractivity contribution < 1.29 is 9.18 Å². The molecule has 0 bridgehead atoms. The molecule has 0 aliphatic heterocycles. The Balaban J connectivity index is 2.17. The first-order valence-electron chi connectivity index (χ1n) is 5.72. The molecule has 0 N–H and O–H groups in total. The van der Waals surface area contributed by atoms with Crippen molar-refractivity contribution >= 4 is 33.3 Å².